The van der Waals surface area contributed by atoms with Crippen LogP contribution in [0.3, 0.4) is 0 Å². The van der Waals surface area contributed by atoms with Crippen LogP contribution in [0, 0.1) is 10.1 Å². The minimum absolute atomic E-state index is 0.108. The van der Waals surface area contributed by atoms with Crippen molar-refractivity contribution in [2.45, 2.75) is 39.3 Å². The van der Waals surface area contributed by atoms with Gasteiger partial charge in [0.15, 0.2) is 0 Å². The smallest absolute Gasteiger partial charge is 0.270 e. The Bertz CT molecular complexity index is 622. The number of nitro groups is 1. The molecule has 2 amide bonds. The van der Waals surface area contributed by atoms with Gasteiger partial charge in [-0.3, -0.25) is 19.7 Å². The van der Waals surface area contributed by atoms with Crippen molar-refractivity contribution < 1.29 is 14.5 Å². The lowest BCUT2D eigenvalue weighted by molar-refractivity contribution is -0.384. The molecule has 0 radical (unpaired) electrons. The molecular weight excluding hydrogens is 300 g/mol. The number of rotatable bonds is 5. The minimum atomic E-state index is -0.773. The van der Waals surface area contributed by atoms with Crippen LogP contribution in [0.25, 0.3) is 0 Å². The average Bonchev–Trinajstić information content (AvgIpc) is 2.44. The third-order valence-corrected chi connectivity index (χ3v) is 2.97. The van der Waals surface area contributed by atoms with Gasteiger partial charge in [-0.1, -0.05) is 0 Å². The number of non-ortho nitro benzene ring substituents is 1. The van der Waals surface area contributed by atoms with Gasteiger partial charge in [-0.15, -0.1) is 0 Å². The van der Waals surface area contributed by atoms with Crippen LogP contribution in [-0.2, 0) is 4.79 Å². The minimum Gasteiger partial charge on any atom is -0.387 e. The summed E-state index contributed by atoms with van der Waals surface area (Å²) in [5.41, 5.74) is -0.0628. The van der Waals surface area contributed by atoms with Crippen molar-refractivity contribution in [1.29, 1.82) is 0 Å². The summed E-state index contributed by atoms with van der Waals surface area (Å²) in [5, 5.41) is 19.0. The number of nitrogens with one attached hydrogen (secondary N) is 3. The highest BCUT2D eigenvalue weighted by atomic mass is 16.6. The summed E-state index contributed by atoms with van der Waals surface area (Å²) in [4.78, 5) is 34.6. The molecule has 0 fully saturated rings. The van der Waals surface area contributed by atoms with Crippen LogP contribution in [0.5, 0.6) is 0 Å². The van der Waals surface area contributed by atoms with Gasteiger partial charge in [-0.25, -0.2) is 0 Å². The average molecular weight is 322 g/mol. The molecule has 1 rings (SSSR count). The Labute approximate surface area is 134 Å². The van der Waals surface area contributed by atoms with Crippen LogP contribution in [0.4, 0.5) is 11.4 Å². The molecule has 0 aliphatic carbocycles. The lowest BCUT2D eigenvalue weighted by Crippen LogP contribution is -2.50. The van der Waals surface area contributed by atoms with Crippen LogP contribution in [0.1, 0.15) is 38.1 Å². The molecule has 0 aromatic heterocycles. The molecule has 0 spiro atoms. The normalized spacial score (nSPS) is 12.2. The molecule has 126 valence electrons. The van der Waals surface area contributed by atoms with E-state index in [2.05, 4.69) is 16.0 Å². The molecule has 0 aliphatic heterocycles. The molecule has 1 aromatic rings. The molecule has 0 bridgehead atoms. The highest BCUT2D eigenvalue weighted by Gasteiger charge is 2.23. The van der Waals surface area contributed by atoms with E-state index in [1.807, 2.05) is 20.8 Å². The molecule has 23 heavy (non-hydrogen) atoms. The summed E-state index contributed by atoms with van der Waals surface area (Å²) in [6.45, 7) is 7.05. The van der Waals surface area contributed by atoms with Gasteiger partial charge >= 0.3 is 0 Å². The summed E-state index contributed by atoms with van der Waals surface area (Å²) in [6, 6.07) is 3.16. The number of benzene rings is 1. The van der Waals surface area contributed by atoms with E-state index in [4.69, 9.17) is 0 Å². The Balaban J connectivity index is 2.94. The molecular formula is C15H22N4O4. The fourth-order valence-electron chi connectivity index (χ4n) is 1.87. The fraction of sp³-hybridized carbons (Fsp3) is 0.467. The summed E-state index contributed by atoms with van der Waals surface area (Å²) in [7, 11) is 1.60. The predicted molar refractivity (Wildman–Crippen MR) is 87.5 cm³/mol. The summed E-state index contributed by atoms with van der Waals surface area (Å²) < 4.78 is 0. The van der Waals surface area contributed by atoms with Crippen LogP contribution >= 0.6 is 0 Å². The molecule has 1 unspecified atom stereocenters. The van der Waals surface area contributed by atoms with E-state index in [1.165, 1.54) is 18.2 Å². The lowest BCUT2D eigenvalue weighted by atomic mass is 10.1. The number of hydrogen-bond acceptors (Lipinski definition) is 5. The number of nitrogens with zero attached hydrogens (tertiary/aromatic N) is 1. The molecule has 0 saturated heterocycles. The Morgan fingerprint density at radius 1 is 1.26 bits per heavy atom. The number of carbonyl (C=O) groups excluding carboxylic acids is 2. The molecule has 1 aromatic carbocycles. The molecule has 8 nitrogen and oxygen atoms in total. The summed E-state index contributed by atoms with van der Waals surface area (Å²) in [5.74, 6) is -0.892. The first-order chi connectivity index (χ1) is 10.5. The van der Waals surface area contributed by atoms with E-state index in [0.717, 1.165) is 0 Å². The van der Waals surface area contributed by atoms with Gasteiger partial charge in [-0.2, -0.15) is 0 Å². The highest BCUT2D eigenvalue weighted by Crippen LogP contribution is 2.21. The number of carbonyl (C=O) groups is 2. The zero-order chi connectivity index (χ0) is 17.8. The Hall–Kier alpha value is -2.64. The van der Waals surface area contributed by atoms with E-state index in [-0.39, 0.29) is 17.2 Å². The third-order valence-electron chi connectivity index (χ3n) is 2.97. The molecule has 0 aliphatic rings. The van der Waals surface area contributed by atoms with Crippen molar-refractivity contribution in [1.82, 2.24) is 10.6 Å². The molecule has 1 atom stereocenters. The van der Waals surface area contributed by atoms with E-state index >= 15 is 0 Å². The van der Waals surface area contributed by atoms with Crippen molar-refractivity contribution in [2.75, 3.05) is 12.4 Å². The maximum atomic E-state index is 12.3. The van der Waals surface area contributed by atoms with Crippen LogP contribution in [0.2, 0.25) is 0 Å². The van der Waals surface area contributed by atoms with Crippen molar-refractivity contribution in [3.8, 4) is 0 Å². The topological polar surface area (TPSA) is 113 Å². The van der Waals surface area contributed by atoms with Gasteiger partial charge in [0.25, 0.3) is 11.6 Å². The molecule has 0 saturated carbocycles. The van der Waals surface area contributed by atoms with Gasteiger partial charge in [-0.05, 0) is 33.8 Å². The second-order valence-electron chi connectivity index (χ2n) is 6.17. The van der Waals surface area contributed by atoms with Gasteiger partial charge < -0.3 is 16.0 Å². The SMILES string of the molecule is CNc1ccc([N+](=O)[O-])cc1C(=O)NC(C)C(=O)NC(C)(C)C. The predicted octanol–water partition coefficient (Wildman–Crippen LogP) is 1.67. The second-order valence-corrected chi connectivity index (χ2v) is 6.17. The summed E-state index contributed by atoms with van der Waals surface area (Å²) in [6.07, 6.45) is 0. The first kappa shape index (κ1) is 18.4. The summed E-state index contributed by atoms with van der Waals surface area (Å²) >= 11 is 0. The van der Waals surface area contributed by atoms with Gasteiger partial charge in [0.05, 0.1) is 10.5 Å². The van der Waals surface area contributed by atoms with E-state index in [1.54, 1.807) is 14.0 Å². The van der Waals surface area contributed by atoms with E-state index in [0.29, 0.717) is 5.69 Å². The molecule has 8 heteroatoms. The van der Waals surface area contributed by atoms with Crippen LogP contribution < -0.4 is 16.0 Å². The number of hydrogen-bond donors (Lipinski definition) is 3. The maximum Gasteiger partial charge on any atom is 0.270 e. The first-order valence-corrected chi connectivity index (χ1v) is 7.14. The van der Waals surface area contributed by atoms with Crippen molar-refractivity contribution in [2.24, 2.45) is 0 Å². The number of anilines is 1. The molecule has 3 N–H and O–H groups in total. The quantitative estimate of drug-likeness (QED) is 0.563. The van der Waals surface area contributed by atoms with Crippen molar-refractivity contribution in [3.05, 3.63) is 33.9 Å². The second kappa shape index (κ2) is 7.08. The van der Waals surface area contributed by atoms with Gasteiger partial charge in [0.1, 0.15) is 6.04 Å². The Morgan fingerprint density at radius 2 is 1.87 bits per heavy atom. The standard InChI is InChI=1S/C15H22N4O4/c1-9(13(20)18-15(2,3)4)17-14(21)11-8-10(19(22)23)6-7-12(11)16-5/h6-9,16H,1-5H3,(H,17,21)(H,18,20). The van der Waals surface area contributed by atoms with Crippen molar-refractivity contribution >= 4 is 23.2 Å². The Kier molecular flexibility index (Phi) is 5.67. The first-order valence-electron chi connectivity index (χ1n) is 7.14. The van der Waals surface area contributed by atoms with Crippen LogP contribution in [-0.4, -0.2) is 35.4 Å². The largest absolute Gasteiger partial charge is 0.387 e. The maximum absolute atomic E-state index is 12.3. The number of amides is 2. The van der Waals surface area contributed by atoms with Gasteiger partial charge in [0, 0.05) is 30.4 Å². The van der Waals surface area contributed by atoms with E-state index in [9.17, 15) is 19.7 Å². The molecule has 0 heterocycles. The Morgan fingerprint density at radius 3 is 2.35 bits per heavy atom. The van der Waals surface area contributed by atoms with E-state index < -0.39 is 22.4 Å². The zero-order valence-corrected chi connectivity index (χ0v) is 13.9. The highest BCUT2D eigenvalue weighted by molar-refractivity contribution is 6.02. The lowest BCUT2D eigenvalue weighted by Gasteiger charge is -2.23. The fourth-order valence-corrected chi connectivity index (χ4v) is 1.87. The van der Waals surface area contributed by atoms with Gasteiger partial charge in [0.2, 0.25) is 5.91 Å². The van der Waals surface area contributed by atoms with Crippen LogP contribution in [0.15, 0.2) is 18.2 Å². The van der Waals surface area contributed by atoms with Crippen molar-refractivity contribution in [3.63, 3.8) is 0 Å². The third kappa shape index (κ3) is 5.24. The monoisotopic (exact) mass is 322 g/mol. The number of nitro benzene ring substituents is 1. The zero-order valence-electron chi connectivity index (χ0n) is 13.9.